The van der Waals surface area contributed by atoms with Gasteiger partial charge in [-0.2, -0.15) is 5.26 Å². The van der Waals surface area contributed by atoms with Crippen LogP contribution in [0.25, 0.3) is 0 Å². The Labute approximate surface area is 98.3 Å². The van der Waals surface area contributed by atoms with Crippen molar-refractivity contribution in [3.8, 4) is 6.07 Å². The summed E-state index contributed by atoms with van der Waals surface area (Å²) in [5.41, 5.74) is 0.989. The van der Waals surface area contributed by atoms with Gasteiger partial charge < -0.3 is 4.90 Å². The lowest BCUT2D eigenvalue weighted by atomic mass is 9.94. The summed E-state index contributed by atoms with van der Waals surface area (Å²) in [6, 6.07) is 2.97. The van der Waals surface area contributed by atoms with Gasteiger partial charge in [-0.05, 0) is 45.8 Å². The molecular formula is C13H21N3. The zero-order valence-electron chi connectivity index (χ0n) is 10.2. The van der Waals surface area contributed by atoms with Gasteiger partial charge in [-0.3, -0.25) is 4.90 Å². The summed E-state index contributed by atoms with van der Waals surface area (Å²) in [5.74, 6) is 0. The van der Waals surface area contributed by atoms with Crippen molar-refractivity contribution in [3.05, 3.63) is 11.6 Å². The van der Waals surface area contributed by atoms with Crippen LogP contribution in [0.2, 0.25) is 0 Å². The second kappa shape index (κ2) is 5.47. The lowest BCUT2D eigenvalue weighted by Gasteiger charge is -2.32. The minimum Gasteiger partial charge on any atom is -0.305 e. The van der Waals surface area contributed by atoms with Crippen LogP contribution in [0, 0.1) is 11.3 Å². The van der Waals surface area contributed by atoms with Crippen LogP contribution in [-0.2, 0) is 0 Å². The van der Waals surface area contributed by atoms with E-state index < -0.39 is 0 Å². The van der Waals surface area contributed by atoms with Gasteiger partial charge in [-0.25, -0.2) is 0 Å². The van der Waals surface area contributed by atoms with Gasteiger partial charge >= 0.3 is 0 Å². The Hall–Kier alpha value is -0.850. The van der Waals surface area contributed by atoms with Crippen molar-refractivity contribution in [1.82, 2.24) is 9.80 Å². The summed E-state index contributed by atoms with van der Waals surface area (Å²) >= 11 is 0. The molecule has 1 aliphatic heterocycles. The fraction of sp³-hybridized carbons (Fsp3) is 0.769. The quantitative estimate of drug-likeness (QED) is 0.671. The number of hydrogen-bond donors (Lipinski definition) is 0. The Morgan fingerprint density at radius 3 is 2.88 bits per heavy atom. The third kappa shape index (κ3) is 2.84. The van der Waals surface area contributed by atoms with Gasteiger partial charge in [0.15, 0.2) is 0 Å². The second-order valence-electron chi connectivity index (χ2n) is 4.96. The van der Waals surface area contributed by atoms with Gasteiger partial charge in [0.25, 0.3) is 0 Å². The third-order valence-electron chi connectivity index (χ3n) is 3.80. The molecule has 2 aliphatic rings. The average molecular weight is 219 g/mol. The molecule has 0 saturated carbocycles. The van der Waals surface area contributed by atoms with Gasteiger partial charge in [0, 0.05) is 24.7 Å². The maximum atomic E-state index is 8.83. The first-order valence-electron chi connectivity index (χ1n) is 6.31. The Bertz CT molecular complexity index is 303. The van der Waals surface area contributed by atoms with Crippen LogP contribution in [0.5, 0.6) is 0 Å². The number of allylic oxidation sites excluding steroid dienone is 1. The summed E-state index contributed by atoms with van der Waals surface area (Å²) in [4.78, 5) is 5.04. The first kappa shape index (κ1) is 11.6. The van der Waals surface area contributed by atoms with E-state index in [0.717, 1.165) is 18.4 Å². The first-order chi connectivity index (χ1) is 7.79. The van der Waals surface area contributed by atoms with Crippen LogP contribution in [0.4, 0.5) is 0 Å². The number of likely N-dealkylation sites (N-methyl/N-ethyl adjacent to an activating group) is 1. The fourth-order valence-corrected chi connectivity index (χ4v) is 2.69. The molecule has 3 nitrogen and oxygen atoms in total. The second-order valence-corrected chi connectivity index (χ2v) is 4.96. The summed E-state index contributed by atoms with van der Waals surface area (Å²) in [5, 5.41) is 8.83. The van der Waals surface area contributed by atoms with E-state index in [9.17, 15) is 0 Å². The standard InChI is InChI=1S/C13H21N3/c1-15-7-2-8-16(10-9-15)13-5-3-12(11-14)4-6-13/h3,13H,2,4-10H2,1H3. The topological polar surface area (TPSA) is 30.3 Å². The third-order valence-corrected chi connectivity index (χ3v) is 3.80. The highest BCUT2D eigenvalue weighted by Gasteiger charge is 2.22. The molecule has 16 heavy (non-hydrogen) atoms. The molecule has 88 valence electrons. The lowest BCUT2D eigenvalue weighted by molar-refractivity contribution is 0.189. The van der Waals surface area contributed by atoms with Crippen molar-refractivity contribution in [2.24, 2.45) is 0 Å². The van der Waals surface area contributed by atoms with E-state index in [-0.39, 0.29) is 0 Å². The highest BCUT2D eigenvalue weighted by atomic mass is 15.2. The fourth-order valence-electron chi connectivity index (χ4n) is 2.69. The minimum atomic E-state index is 0.684. The molecule has 0 aromatic rings. The first-order valence-corrected chi connectivity index (χ1v) is 6.31. The molecule has 0 radical (unpaired) electrons. The Morgan fingerprint density at radius 2 is 2.19 bits per heavy atom. The van der Waals surface area contributed by atoms with E-state index in [4.69, 9.17) is 5.26 Å². The molecular weight excluding hydrogens is 198 g/mol. The monoisotopic (exact) mass is 219 g/mol. The van der Waals surface area contributed by atoms with Crippen LogP contribution in [0.15, 0.2) is 11.6 Å². The van der Waals surface area contributed by atoms with Gasteiger partial charge in [-0.15, -0.1) is 0 Å². The predicted molar refractivity (Wildman–Crippen MR) is 65.0 cm³/mol. The number of rotatable bonds is 1. The van der Waals surface area contributed by atoms with Crippen LogP contribution >= 0.6 is 0 Å². The lowest BCUT2D eigenvalue weighted by Crippen LogP contribution is -2.38. The van der Waals surface area contributed by atoms with Crippen LogP contribution < -0.4 is 0 Å². The summed E-state index contributed by atoms with van der Waals surface area (Å²) in [6.45, 7) is 4.83. The molecule has 0 bridgehead atoms. The molecule has 0 N–H and O–H groups in total. The molecule has 1 fully saturated rings. The highest BCUT2D eigenvalue weighted by molar-refractivity contribution is 5.23. The Kier molecular flexibility index (Phi) is 3.98. The highest BCUT2D eigenvalue weighted by Crippen LogP contribution is 2.22. The van der Waals surface area contributed by atoms with Crippen LogP contribution in [-0.4, -0.2) is 49.1 Å². The zero-order chi connectivity index (χ0) is 11.4. The number of nitrogens with zero attached hydrogens (tertiary/aromatic N) is 3. The van der Waals surface area contributed by atoms with E-state index in [1.54, 1.807) is 0 Å². The molecule has 0 aromatic carbocycles. The Balaban J connectivity index is 1.89. The SMILES string of the molecule is CN1CCCN(C2CC=C(C#N)CC2)CC1. The van der Waals surface area contributed by atoms with Crippen molar-refractivity contribution in [2.45, 2.75) is 31.7 Å². The number of hydrogen-bond acceptors (Lipinski definition) is 3. The largest absolute Gasteiger partial charge is 0.305 e. The van der Waals surface area contributed by atoms with Crippen LogP contribution in [0.3, 0.4) is 0 Å². The molecule has 2 rings (SSSR count). The maximum absolute atomic E-state index is 8.83. The van der Waals surface area contributed by atoms with Crippen molar-refractivity contribution >= 4 is 0 Å². The molecule has 1 heterocycles. The van der Waals surface area contributed by atoms with Crippen molar-refractivity contribution in [1.29, 1.82) is 5.26 Å². The molecule has 3 heteroatoms. The van der Waals surface area contributed by atoms with Crippen LogP contribution in [0.1, 0.15) is 25.7 Å². The van der Waals surface area contributed by atoms with Gasteiger partial charge in [-0.1, -0.05) is 6.08 Å². The zero-order valence-corrected chi connectivity index (χ0v) is 10.2. The van der Waals surface area contributed by atoms with E-state index in [1.165, 1.54) is 39.0 Å². The molecule has 1 atom stereocenters. The van der Waals surface area contributed by atoms with Gasteiger partial charge in [0.05, 0.1) is 6.07 Å². The maximum Gasteiger partial charge on any atom is 0.0943 e. The van der Waals surface area contributed by atoms with E-state index in [2.05, 4.69) is 29.0 Å². The molecule has 1 aliphatic carbocycles. The van der Waals surface area contributed by atoms with E-state index in [0.29, 0.717) is 6.04 Å². The van der Waals surface area contributed by atoms with E-state index >= 15 is 0 Å². The van der Waals surface area contributed by atoms with E-state index in [1.807, 2.05) is 0 Å². The minimum absolute atomic E-state index is 0.684. The van der Waals surface area contributed by atoms with Crippen molar-refractivity contribution in [3.63, 3.8) is 0 Å². The average Bonchev–Trinajstić information content (AvgIpc) is 2.54. The molecule has 0 amide bonds. The smallest absolute Gasteiger partial charge is 0.0943 e. The Morgan fingerprint density at radius 1 is 1.31 bits per heavy atom. The summed E-state index contributed by atoms with van der Waals surface area (Å²) in [6.07, 6.45) is 6.65. The molecule has 0 aromatic heterocycles. The summed E-state index contributed by atoms with van der Waals surface area (Å²) < 4.78 is 0. The van der Waals surface area contributed by atoms with Crippen molar-refractivity contribution < 1.29 is 0 Å². The van der Waals surface area contributed by atoms with Crippen molar-refractivity contribution in [2.75, 3.05) is 33.2 Å². The predicted octanol–water partition coefficient (Wildman–Crippen LogP) is 1.63. The molecule has 1 unspecified atom stereocenters. The number of nitriles is 1. The normalized spacial score (nSPS) is 29.2. The summed E-state index contributed by atoms with van der Waals surface area (Å²) in [7, 11) is 2.21. The van der Waals surface area contributed by atoms with Gasteiger partial charge in [0.1, 0.15) is 0 Å². The molecule has 0 spiro atoms. The van der Waals surface area contributed by atoms with Gasteiger partial charge in [0.2, 0.25) is 0 Å². The molecule has 1 saturated heterocycles.